The number of ether oxygens (including phenoxy) is 1. The number of rotatable bonds is 8. The maximum absolute atomic E-state index is 11.7. The van der Waals surface area contributed by atoms with E-state index in [2.05, 4.69) is 44.3 Å². The van der Waals surface area contributed by atoms with Gasteiger partial charge in [-0.3, -0.25) is 4.79 Å². The zero-order valence-electron chi connectivity index (χ0n) is 12.9. The molecule has 0 heterocycles. The lowest BCUT2D eigenvalue weighted by molar-refractivity contribution is -0.143. The number of aryl methyl sites for hydroxylation is 2. The molecule has 1 rings (SSSR count). The fourth-order valence-corrected chi connectivity index (χ4v) is 3.04. The largest absolute Gasteiger partial charge is 0.468 e. The molecule has 0 aliphatic rings. The number of hydrogen-bond donors (Lipinski definition) is 1. The molecule has 20 heavy (non-hydrogen) atoms. The number of hydrogen-bond acceptors (Lipinski definition) is 4. The molecule has 1 atom stereocenters. The van der Waals surface area contributed by atoms with Crippen LogP contribution in [-0.2, 0) is 9.53 Å². The van der Waals surface area contributed by atoms with Gasteiger partial charge in [0.1, 0.15) is 6.04 Å². The molecule has 0 aliphatic heterocycles. The Bertz CT molecular complexity index is 434. The van der Waals surface area contributed by atoms with Crippen molar-refractivity contribution >= 4 is 17.7 Å². The van der Waals surface area contributed by atoms with Crippen LogP contribution in [0.5, 0.6) is 0 Å². The molecule has 112 valence electrons. The van der Waals surface area contributed by atoms with Crippen molar-refractivity contribution in [1.82, 2.24) is 5.32 Å². The van der Waals surface area contributed by atoms with Crippen molar-refractivity contribution in [2.45, 2.75) is 44.6 Å². The molecular formula is C16H25NO2S. The van der Waals surface area contributed by atoms with E-state index in [1.54, 1.807) is 11.8 Å². The van der Waals surface area contributed by atoms with Crippen LogP contribution in [0.3, 0.4) is 0 Å². The summed E-state index contributed by atoms with van der Waals surface area (Å²) in [7, 11) is 1.44. The number of benzene rings is 1. The summed E-state index contributed by atoms with van der Waals surface area (Å²) in [5, 5.41) is 3.24. The van der Waals surface area contributed by atoms with Gasteiger partial charge in [0.15, 0.2) is 0 Å². The van der Waals surface area contributed by atoms with Crippen molar-refractivity contribution in [2.24, 2.45) is 0 Å². The Labute approximate surface area is 126 Å². The van der Waals surface area contributed by atoms with Gasteiger partial charge in [0.2, 0.25) is 0 Å². The molecule has 1 N–H and O–H groups in total. The number of carbonyl (C=O) groups excluding carboxylic acids is 1. The molecule has 0 amide bonds. The number of methoxy groups -OCH3 is 1. The van der Waals surface area contributed by atoms with Gasteiger partial charge in [-0.15, -0.1) is 11.8 Å². The minimum Gasteiger partial charge on any atom is -0.468 e. The summed E-state index contributed by atoms with van der Waals surface area (Å²) < 4.78 is 4.84. The SMILES string of the molecule is CCCNC(CCSc1ccc(C)cc1C)C(=O)OC. The van der Waals surface area contributed by atoms with Gasteiger partial charge in [-0.25, -0.2) is 0 Å². The Morgan fingerprint density at radius 3 is 2.75 bits per heavy atom. The van der Waals surface area contributed by atoms with Gasteiger partial charge in [0, 0.05) is 10.6 Å². The van der Waals surface area contributed by atoms with E-state index >= 15 is 0 Å². The second-order valence-electron chi connectivity index (χ2n) is 4.94. The monoisotopic (exact) mass is 295 g/mol. The van der Waals surface area contributed by atoms with Crippen LogP contribution in [-0.4, -0.2) is 31.4 Å². The van der Waals surface area contributed by atoms with Gasteiger partial charge in [-0.2, -0.15) is 0 Å². The Morgan fingerprint density at radius 1 is 1.40 bits per heavy atom. The number of nitrogens with one attached hydrogen (secondary N) is 1. The van der Waals surface area contributed by atoms with Gasteiger partial charge in [0.05, 0.1) is 7.11 Å². The summed E-state index contributed by atoms with van der Waals surface area (Å²) in [5.74, 6) is 0.736. The molecule has 3 nitrogen and oxygen atoms in total. The van der Waals surface area contributed by atoms with E-state index in [0.29, 0.717) is 0 Å². The lowest BCUT2D eigenvalue weighted by atomic mass is 10.2. The van der Waals surface area contributed by atoms with Crippen molar-refractivity contribution < 1.29 is 9.53 Å². The first-order valence-corrected chi connectivity index (χ1v) is 8.08. The molecule has 0 saturated heterocycles. The standard InChI is InChI=1S/C16H25NO2S/c1-5-9-17-14(16(18)19-4)8-10-20-15-7-6-12(2)11-13(15)3/h6-7,11,14,17H,5,8-10H2,1-4H3. The number of esters is 1. The third kappa shape index (κ3) is 5.55. The molecule has 0 fully saturated rings. The Hall–Kier alpha value is -1.00. The summed E-state index contributed by atoms with van der Waals surface area (Å²) in [6.07, 6.45) is 1.79. The summed E-state index contributed by atoms with van der Waals surface area (Å²) in [4.78, 5) is 13.0. The van der Waals surface area contributed by atoms with Gasteiger partial charge in [-0.1, -0.05) is 24.6 Å². The summed E-state index contributed by atoms with van der Waals surface area (Å²) in [5.41, 5.74) is 2.58. The fraction of sp³-hybridized carbons (Fsp3) is 0.562. The van der Waals surface area contributed by atoms with Crippen molar-refractivity contribution in [3.63, 3.8) is 0 Å². The van der Waals surface area contributed by atoms with Crippen LogP contribution in [0.1, 0.15) is 30.9 Å². The first-order valence-electron chi connectivity index (χ1n) is 7.09. The fourth-order valence-electron chi connectivity index (χ4n) is 2.01. The van der Waals surface area contributed by atoms with Gasteiger partial charge in [-0.05, 0) is 44.9 Å². The third-order valence-corrected chi connectivity index (χ3v) is 4.33. The lowest BCUT2D eigenvalue weighted by Crippen LogP contribution is -2.38. The van der Waals surface area contributed by atoms with E-state index in [1.165, 1.54) is 23.1 Å². The molecule has 1 aromatic rings. The summed E-state index contributed by atoms with van der Waals surface area (Å²) in [6.45, 7) is 7.16. The third-order valence-electron chi connectivity index (χ3n) is 3.12. The molecule has 4 heteroatoms. The lowest BCUT2D eigenvalue weighted by Gasteiger charge is -2.16. The van der Waals surface area contributed by atoms with Crippen LogP contribution in [0.2, 0.25) is 0 Å². The van der Waals surface area contributed by atoms with Crippen LogP contribution in [0.25, 0.3) is 0 Å². The first-order chi connectivity index (χ1) is 9.58. The van der Waals surface area contributed by atoms with E-state index in [-0.39, 0.29) is 12.0 Å². The van der Waals surface area contributed by atoms with E-state index < -0.39 is 0 Å². The maximum Gasteiger partial charge on any atom is 0.322 e. The molecule has 0 radical (unpaired) electrons. The van der Waals surface area contributed by atoms with E-state index in [9.17, 15) is 4.79 Å². The molecule has 0 aromatic heterocycles. The topological polar surface area (TPSA) is 38.3 Å². The predicted octanol–water partition coefficient (Wildman–Crippen LogP) is 3.33. The average molecular weight is 295 g/mol. The zero-order chi connectivity index (χ0) is 15.0. The quantitative estimate of drug-likeness (QED) is 0.590. The van der Waals surface area contributed by atoms with Crippen LogP contribution >= 0.6 is 11.8 Å². The predicted molar refractivity (Wildman–Crippen MR) is 85.4 cm³/mol. The summed E-state index contributed by atoms with van der Waals surface area (Å²) >= 11 is 1.80. The molecule has 0 bridgehead atoms. The Morgan fingerprint density at radius 2 is 2.15 bits per heavy atom. The maximum atomic E-state index is 11.7. The van der Waals surface area contributed by atoms with Gasteiger partial charge < -0.3 is 10.1 Å². The Kier molecular flexibility index (Phi) is 7.70. The number of thioether (sulfide) groups is 1. The van der Waals surface area contributed by atoms with Gasteiger partial charge >= 0.3 is 5.97 Å². The van der Waals surface area contributed by atoms with Crippen molar-refractivity contribution in [2.75, 3.05) is 19.4 Å². The molecule has 0 spiro atoms. The van der Waals surface area contributed by atoms with E-state index in [4.69, 9.17) is 4.74 Å². The van der Waals surface area contributed by atoms with E-state index in [1.807, 2.05) is 0 Å². The Balaban J connectivity index is 2.48. The van der Waals surface area contributed by atoms with Crippen LogP contribution < -0.4 is 5.32 Å². The highest BCUT2D eigenvalue weighted by Gasteiger charge is 2.17. The highest BCUT2D eigenvalue weighted by atomic mass is 32.2. The molecule has 1 aromatic carbocycles. The van der Waals surface area contributed by atoms with Crippen molar-refractivity contribution in [1.29, 1.82) is 0 Å². The molecular weight excluding hydrogens is 270 g/mol. The average Bonchev–Trinajstić information content (AvgIpc) is 2.43. The van der Waals surface area contributed by atoms with Gasteiger partial charge in [0.25, 0.3) is 0 Å². The van der Waals surface area contributed by atoms with Crippen molar-refractivity contribution in [3.05, 3.63) is 29.3 Å². The zero-order valence-corrected chi connectivity index (χ0v) is 13.7. The van der Waals surface area contributed by atoms with E-state index in [0.717, 1.165) is 25.1 Å². The first kappa shape index (κ1) is 17.1. The molecule has 1 unspecified atom stereocenters. The highest BCUT2D eigenvalue weighted by molar-refractivity contribution is 7.99. The smallest absolute Gasteiger partial charge is 0.322 e. The van der Waals surface area contributed by atoms with Crippen LogP contribution in [0, 0.1) is 13.8 Å². The normalized spacial score (nSPS) is 12.2. The molecule has 0 aliphatic carbocycles. The van der Waals surface area contributed by atoms with Crippen LogP contribution in [0.15, 0.2) is 23.1 Å². The summed E-state index contributed by atoms with van der Waals surface area (Å²) in [6, 6.07) is 6.28. The highest BCUT2D eigenvalue weighted by Crippen LogP contribution is 2.24. The minimum absolute atomic E-state index is 0.167. The minimum atomic E-state index is -0.196. The number of carbonyl (C=O) groups is 1. The second-order valence-corrected chi connectivity index (χ2v) is 6.07. The second kappa shape index (κ2) is 9.03. The van der Waals surface area contributed by atoms with Crippen molar-refractivity contribution in [3.8, 4) is 0 Å². The molecule has 0 saturated carbocycles. The van der Waals surface area contributed by atoms with Crippen LogP contribution in [0.4, 0.5) is 0 Å².